The van der Waals surface area contributed by atoms with E-state index in [9.17, 15) is 14.4 Å². The minimum Gasteiger partial charge on any atom is -0.444 e. The predicted molar refractivity (Wildman–Crippen MR) is 151 cm³/mol. The van der Waals surface area contributed by atoms with Crippen LogP contribution in [0.2, 0.25) is 0 Å². The van der Waals surface area contributed by atoms with Crippen molar-refractivity contribution < 1.29 is 19.1 Å². The fourth-order valence-corrected chi connectivity index (χ4v) is 5.95. The number of urea groups is 1. The summed E-state index contributed by atoms with van der Waals surface area (Å²) in [5, 5.41) is 7.43. The lowest BCUT2D eigenvalue weighted by atomic mass is 9.85. The molecule has 10 nitrogen and oxygen atoms in total. The molecule has 3 fully saturated rings. The molecule has 10 heteroatoms. The van der Waals surface area contributed by atoms with E-state index >= 15 is 0 Å². The van der Waals surface area contributed by atoms with Gasteiger partial charge in [0.1, 0.15) is 5.60 Å². The molecule has 5 rings (SSSR count). The highest BCUT2D eigenvalue weighted by Gasteiger charge is 2.29. The lowest BCUT2D eigenvalue weighted by Crippen LogP contribution is -2.49. The summed E-state index contributed by atoms with van der Waals surface area (Å²) >= 11 is 0. The van der Waals surface area contributed by atoms with Crippen molar-refractivity contribution in [3.05, 3.63) is 30.6 Å². The summed E-state index contributed by atoms with van der Waals surface area (Å²) in [6.45, 7) is 11.0. The van der Waals surface area contributed by atoms with Crippen molar-refractivity contribution in [2.75, 3.05) is 49.1 Å². The molecule has 0 unspecified atom stereocenters. The van der Waals surface area contributed by atoms with Crippen LogP contribution < -0.4 is 20.4 Å². The molecule has 2 saturated heterocycles. The van der Waals surface area contributed by atoms with Gasteiger partial charge in [-0.05, 0) is 58.4 Å². The van der Waals surface area contributed by atoms with Gasteiger partial charge in [-0.1, -0.05) is 12.1 Å². The molecule has 3 aliphatic rings. The molecule has 210 valence electrons. The molecule has 4 amide bonds. The first kappa shape index (κ1) is 27.2. The van der Waals surface area contributed by atoms with Gasteiger partial charge in [-0.15, -0.1) is 0 Å². The number of nitrogens with one attached hydrogen (secondary N) is 2. The van der Waals surface area contributed by atoms with E-state index < -0.39 is 11.6 Å². The largest absolute Gasteiger partial charge is 0.444 e. The van der Waals surface area contributed by atoms with Crippen molar-refractivity contribution >= 4 is 40.2 Å². The van der Waals surface area contributed by atoms with E-state index in [-0.39, 0.29) is 24.5 Å². The van der Waals surface area contributed by atoms with E-state index in [0.717, 1.165) is 80.6 Å². The number of carbonyl (C=O) groups is 3. The van der Waals surface area contributed by atoms with E-state index in [4.69, 9.17) is 4.74 Å². The molecule has 2 aliphatic heterocycles. The second-order valence-electron chi connectivity index (χ2n) is 11.9. The average molecular weight is 537 g/mol. The molecule has 1 aromatic carbocycles. The van der Waals surface area contributed by atoms with Crippen LogP contribution in [0.4, 0.5) is 21.0 Å². The maximum absolute atomic E-state index is 12.5. The van der Waals surface area contributed by atoms with Crippen molar-refractivity contribution in [2.45, 2.75) is 64.5 Å². The van der Waals surface area contributed by atoms with Gasteiger partial charge in [-0.25, -0.2) is 9.59 Å². The van der Waals surface area contributed by atoms with E-state index in [1.165, 1.54) is 0 Å². The summed E-state index contributed by atoms with van der Waals surface area (Å²) in [4.78, 5) is 47.2. The summed E-state index contributed by atoms with van der Waals surface area (Å²) in [6.07, 6.45) is 7.78. The number of benzene rings is 1. The molecule has 2 aromatic rings. The van der Waals surface area contributed by atoms with Crippen LogP contribution in [0.1, 0.15) is 52.9 Å². The smallest absolute Gasteiger partial charge is 0.407 e. The van der Waals surface area contributed by atoms with Crippen LogP contribution in [0.5, 0.6) is 0 Å². The Bertz CT molecular complexity index is 1210. The normalized spacial score (nSPS) is 23.1. The molecule has 1 aromatic heterocycles. The molecule has 1 saturated carbocycles. The number of rotatable bonds is 5. The van der Waals surface area contributed by atoms with Crippen LogP contribution >= 0.6 is 0 Å². The van der Waals surface area contributed by atoms with E-state index in [1.54, 1.807) is 11.1 Å². The Morgan fingerprint density at radius 3 is 2.44 bits per heavy atom. The summed E-state index contributed by atoms with van der Waals surface area (Å²) in [6, 6.07) is 5.99. The molecule has 39 heavy (non-hydrogen) atoms. The lowest BCUT2D eigenvalue weighted by Gasteiger charge is -2.39. The number of carbonyl (C=O) groups excluding carboxylic acids is 3. The molecular formula is C29H40N6O4. The van der Waals surface area contributed by atoms with Crippen molar-refractivity contribution in [3.63, 3.8) is 0 Å². The van der Waals surface area contributed by atoms with E-state index in [0.29, 0.717) is 12.5 Å². The second-order valence-corrected chi connectivity index (χ2v) is 11.9. The number of amides is 4. The van der Waals surface area contributed by atoms with Crippen LogP contribution in [0.15, 0.2) is 30.6 Å². The monoisotopic (exact) mass is 536 g/mol. The van der Waals surface area contributed by atoms with Crippen molar-refractivity contribution in [3.8, 4) is 0 Å². The Morgan fingerprint density at radius 1 is 1.00 bits per heavy atom. The van der Waals surface area contributed by atoms with Gasteiger partial charge in [-0.3, -0.25) is 24.9 Å². The number of nitrogens with zero attached hydrogens (tertiary/aromatic N) is 4. The number of fused-ring (bicyclic) bond motifs is 1. The Labute approximate surface area is 230 Å². The number of aromatic nitrogens is 1. The molecule has 0 radical (unpaired) electrons. The first-order valence-electron chi connectivity index (χ1n) is 14.1. The summed E-state index contributed by atoms with van der Waals surface area (Å²) < 4.78 is 5.41. The highest BCUT2D eigenvalue weighted by molar-refractivity contribution is 6.11. The van der Waals surface area contributed by atoms with Gasteiger partial charge in [0.25, 0.3) is 0 Å². The number of hydrogen-bond acceptors (Lipinski definition) is 7. The SMILES string of the molecule is CC(C)(C)OC(=O)NC1CCC(CN2CCN(c3cccc4c(N5CCC(=O)NC5=O)cncc34)CC2)CC1. The fourth-order valence-electron chi connectivity index (χ4n) is 5.95. The standard InChI is InChI=1S/C29H40N6O4/c1-29(2,3)39-28(38)31-21-9-7-20(8-10-21)19-33-13-15-34(16-14-33)24-6-4-5-22-23(24)17-30-18-25(22)35-12-11-26(36)32-27(35)37/h4-6,17-18,20-21H,7-16,19H2,1-3H3,(H,31,38)(H,32,36,37). The number of alkyl carbamates (subject to hydrolysis) is 1. The van der Waals surface area contributed by atoms with Gasteiger partial charge < -0.3 is 15.0 Å². The van der Waals surface area contributed by atoms with Gasteiger partial charge in [0.15, 0.2) is 0 Å². The maximum Gasteiger partial charge on any atom is 0.407 e. The van der Waals surface area contributed by atoms with Crippen molar-refractivity contribution in [2.24, 2.45) is 5.92 Å². The number of ether oxygens (including phenoxy) is 1. The zero-order valence-electron chi connectivity index (χ0n) is 23.2. The lowest BCUT2D eigenvalue weighted by molar-refractivity contribution is -0.120. The quantitative estimate of drug-likeness (QED) is 0.597. The molecular weight excluding hydrogens is 496 g/mol. The third kappa shape index (κ3) is 6.61. The Hall–Kier alpha value is -3.40. The van der Waals surface area contributed by atoms with Crippen LogP contribution in [0.3, 0.4) is 0 Å². The zero-order chi connectivity index (χ0) is 27.6. The minimum absolute atomic E-state index is 0.203. The van der Waals surface area contributed by atoms with Crippen molar-refractivity contribution in [1.29, 1.82) is 0 Å². The zero-order valence-corrected chi connectivity index (χ0v) is 23.2. The first-order valence-corrected chi connectivity index (χ1v) is 14.1. The number of piperazine rings is 1. The van der Waals surface area contributed by atoms with Crippen LogP contribution in [-0.2, 0) is 9.53 Å². The number of pyridine rings is 1. The van der Waals surface area contributed by atoms with Gasteiger partial charge >= 0.3 is 12.1 Å². The number of hydrogen-bond donors (Lipinski definition) is 2. The van der Waals surface area contributed by atoms with Crippen molar-refractivity contribution in [1.82, 2.24) is 20.5 Å². The molecule has 0 atom stereocenters. The molecule has 3 heterocycles. The summed E-state index contributed by atoms with van der Waals surface area (Å²) in [7, 11) is 0. The van der Waals surface area contributed by atoms with Gasteiger partial charge in [0.05, 0.1) is 11.9 Å². The first-order chi connectivity index (χ1) is 18.7. The number of imide groups is 1. The summed E-state index contributed by atoms with van der Waals surface area (Å²) in [5.74, 6) is 0.411. The highest BCUT2D eigenvalue weighted by atomic mass is 16.6. The predicted octanol–water partition coefficient (Wildman–Crippen LogP) is 3.89. The minimum atomic E-state index is -0.472. The molecule has 0 spiro atoms. The third-order valence-electron chi connectivity index (χ3n) is 7.90. The van der Waals surface area contributed by atoms with E-state index in [1.807, 2.05) is 39.1 Å². The number of anilines is 2. The van der Waals surface area contributed by atoms with Crippen LogP contribution in [0, 0.1) is 5.92 Å². The maximum atomic E-state index is 12.5. The van der Waals surface area contributed by atoms with Gasteiger partial charge in [0.2, 0.25) is 5.91 Å². The van der Waals surface area contributed by atoms with Crippen LogP contribution in [-0.4, -0.2) is 78.8 Å². The van der Waals surface area contributed by atoms with Gasteiger partial charge in [0, 0.05) is 74.4 Å². The second kappa shape index (κ2) is 11.4. The summed E-state index contributed by atoms with van der Waals surface area (Å²) in [5.41, 5.74) is 1.39. The molecule has 2 N–H and O–H groups in total. The van der Waals surface area contributed by atoms with E-state index in [2.05, 4.69) is 31.5 Å². The molecule has 1 aliphatic carbocycles. The van der Waals surface area contributed by atoms with Gasteiger partial charge in [-0.2, -0.15) is 0 Å². The Kier molecular flexibility index (Phi) is 7.93. The van der Waals surface area contributed by atoms with Crippen LogP contribution in [0.25, 0.3) is 10.8 Å². The Balaban J connectivity index is 1.15. The average Bonchev–Trinajstić information content (AvgIpc) is 2.89. The molecule has 0 bridgehead atoms. The fraction of sp³-hybridized carbons (Fsp3) is 0.586. The third-order valence-corrected chi connectivity index (χ3v) is 7.90. The Morgan fingerprint density at radius 2 is 1.74 bits per heavy atom. The topological polar surface area (TPSA) is 107 Å². The highest BCUT2D eigenvalue weighted by Crippen LogP contribution is 2.34.